The molecule has 0 spiro atoms. The topological polar surface area (TPSA) is 17.1 Å². The summed E-state index contributed by atoms with van der Waals surface area (Å²) >= 11 is 0. The molecule has 1 aromatic carbocycles. The van der Waals surface area contributed by atoms with Crippen LogP contribution in [0.15, 0.2) is 52.3 Å². The molecule has 0 amide bonds. The second-order valence-electron chi connectivity index (χ2n) is 3.33. The zero-order chi connectivity index (χ0) is 9.97. The van der Waals surface area contributed by atoms with Crippen LogP contribution in [0.2, 0.25) is 0 Å². The monoisotopic (exact) mass is 204 g/mol. The van der Waals surface area contributed by atoms with Gasteiger partial charge in [-0.05, 0) is 31.6 Å². The van der Waals surface area contributed by atoms with Crippen molar-refractivity contribution < 1.29 is 4.21 Å². The minimum Gasteiger partial charge on any atom is -0.249 e. The van der Waals surface area contributed by atoms with Gasteiger partial charge in [-0.15, -0.1) is 0 Å². The lowest BCUT2D eigenvalue weighted by Gasteiger charge is -2.01. The molecule has 72 valence electrons. The van der Waals surface area contributed by atoms with Crippen LogP contribution in [-0.2, 0) is 10.8 Å². The van der Waals surface area contributed by atoms with Crippen molar-refractivity contribution in [2.24, 2.45) is 0 Å². The van der Waals surface area contributed by atoms with Crippen LogP contribution < -0.4 is 0 Å². The summed E-state index contributed by atoms with van der Waals surface area (Å²) in [6.45, 7) is 2.03. The molecule has 1 nitrogen and oxygen atoms in total. The van der Waals surface area contributed by atoms with Gasteiger partial charge in [0.2, 0.25) is 0 Å². The van der Waals surface area contributed by atoms with Crippen LogP contribution in [0.4, 0.5) is 0 Å². The van der Waals surface area contributed by atoms with Crippen molar-refractivity contribution in [1.29, 1.82) is 0 Å². The van der Waals surface area contributed by atoms with E-state index in [1.54, 1.807) is 0 Å². The van der Waals surface area contributed by atoms with Crippen LogP contribution in [0, 0.1) is 6.92 Å². The first-order chi connectivity index (χ1) is 6.77. The Kier molecular flexibility index (Phi) is 2.64. The molecule has 1 atom stereocenters. The first kappa shape index (κ1) is 9.41. The maximum Gasteiger partial charge on any atom is 0.0846 e. The first-order valence-corrected chi connectivity index (χ1v) is 5.77. The van der Waals surface area contributed by atoms with Gasteiger partial charge in [-0.1, -0.05) is 29.8 Å². The Morgan fingerprint density at radius 1 is 1.21 bits per heavy atom. The first-order valence-electron chi connectivity index (χ1n) is 4.62. The molecular formula is C12H12OS. The van der Waals surface area contributed by atoms with Gasteiger partial charge >= 0.3 is 0 Å². The highest BCUT2D eigenvalue weighted by atomic mass is 32.2. The molecule has 0 N–H and O–H groups in total. The number of hydrogen-bond acceptors (Lipinski definition) is 1. The van der Waals surface area contributed by atoms with E-state index in [0.717, 1.165) is 16.2 Å². The maximum absolute atomic E-state index is 11.9. The predicted molar refractivity (Wildman–Crippen MR) is 59.4 cm³/mol. The lowest BCUT2D eigenvalue weighted by Crippen LogP contribution is -1.92. The summed E-state index contributed by atoms with van der Waals surface area (Å²) in [5.74, 6) is 0. The van der Waals surface area contributed by atoms with Gasteiger partial charge in [0.25, 0.3) is 0 Å². The van der Waals surface area contributed by atoms with Crippen molar-refractivity contribution in [2.45, 2.75) is 18.2 Å². The van der Waals surface area contributed by atoms with Crippen molar-refractivity contribution in [3.05, 3.63) is 53.0 Å². The number of benzene rings is 1. The minimum atomic E-state index is -0.993. The molecule has 0 fully saturated rings. The Bertz CT molecular complexity index is 412. The predicted octanol–water partition coefficient (Wildman–Crippen LogP) is 2.95. The average molecular weight is 204 g/mol. The largest absolute Gasteiger partial charge is 0.249 e. The number of hydrogen-bond donors (Lipinski definition) is 0. The van der Waals surface area contributed by atoms with Crippen LogP contribution >= 0.6 is 0 Å². The Labute approximate surface area is 86.6 Å². The second kappa shape index (κ2) is 3.93. The Morgan fingerprint density at radius 2 is 1.93 bits per heavy atom. The standard InChI is InChI=1S/C12H12OS/c1-10-6-8-12(9-7-10)14(13)11-4-2-3-5-11/h2,4-9H,3H2,1H3/t14-/m0/s1. The molecule has 0 bridgehead atoms. The van der Waals surface area contributed by atoms with Crippen LogP contribution in [0.3, 0.4) is 0 Å². The highest BCUT2D eigenvalue weighted by molar-refractivity contribution is 7.89. The summed E-state index contributed by atoms with van der Waals surface area (Å²) < 4.78 is 11.9. The van der Waals surface area contributed by atoms with Crippen molar-refractivity contribution in [2.75, 3.05) is 0 Å². The van der Waals surface area contributed by atoms with E-state index >= 15 is 0 Å². The fourth-order valence-corrected chi connectivity index (χ4v) is 2.49. The van der Waals surface area contributed by atoms with E-state index < -0.39 is 10.8 Å². The van der Waals surface area contributed by atoms with Gasteiger partial charge in [0, 0.05) is 9.80 Å². The summed E-state index contributed by atoms with van der Waals surface area (Å²) in [5, 5.41) is 0. The molecule has 1 aliphatic rings. The van der Waals surface area contributed by atoms with Gasteiger partial charge in [-0.3, -0.25) is 0 Å². The van der Waals surface area contributed by atoms with E-state index in [2.05, 4.69) is 0 Å². The smallest absolute Gasteiger partial charge is 0.0846 e. The van der Waals surface area contributed by atoms with Crippen molar-refractivity contribution in [1.82, 2.24) is 0 Å². The highest BCUT2D eigenvalue weighted by Crippen LogP contribution is 2.20. The van der Waals surface area contributed by atoms with Gasteiger partial charge in [-0.2, -0.15) is 0 Å². The number of aryl methyl sites for hydroxylation is 1. The lowest BCUT2D eigenvalue weighted by atomic mass is 10.2. The van der Waals surface area contributed by atoms with Gasteiger partial charge in [0.1, 0.15) is 0 Å². The molecule has 0 saturated carbocycles. The van der Waals surface area contributed by atoms with E-state index in [9.17, 15) is 4.21 Å². The van der Waals surface area contributed by atoms with Crippen molar-refractivity contribution in [3.63, 3.8) is 0 Å². The lowest BCUT2D eigenvalue weighted by molar-refractivity contribution is 0.687. The minimum absolute atomic E-state index is 0.883. The van der Waals surface area contributed by atoms with Crippen LogP contribution in [0.1, 0.15) is 12.0 Å². The van der Waals surface area contributed by atoms with Gasteiger partial charge in [0.15, 0.2) is 0 Å². The summed E-state index contributed by atoms with van der Waals surface area (Å²) in [5.41, 5.74) is 1.20. The van der Waals surface area contributed by atoms with Gasteiger partial charge in [-0.25, -0.2) is 4.21 Å². The Hall–Kier alpha value is -1.15. The molecule has 14 heavy (non-hydrogen) atoms. The van der Waals surface area contributed by atoms with Gasteiger partial charge < -0.3 is 0 Å². The van der Waals surface area contributed by atoms with Crippen molar-refractivity contribution in [3.8, 4) is 0 Å². The third kappa shape index (κ3) is 1.85. The third-order valence-corrected chi connectivity index (χ3v) is 3.62. The van der Waals surface area contributed by atoms with Crippen LogP contribution in [-0.4, -0.2) is 4.21 Å². The quantitative estimate of drug-likeness (QED) is 0.724. The summed E-state index contributed by atoms with van der Waals surface area (Å²) in [6.07, 6.45) is 6.89. The molecule has 1 aliphatic carbocycles. The fraction of sp³-hybridized carbons (Fsp3) is 0.167. The van der Waals surface area contributed by atoms with E-state index in [-0.39, 0.29) is 0 Å². The molecule has 0 heterocycles. The van der Waals surface area contributed by atoms with Crippen LogP contribution in [0.5, 0.6) is 0 Å². The zero-order valence-electron chi connectivity index (χ0n) is 8.07. The maximum atomic E-state index is 11.9. The number of rotatable bonds is 2. The molecule has 0 aliphatic heterocycles. The average Bonchev–Trinajstić information content (AvgIpc) is 2.71. The fourth-order valence-electron chi connectivity index (χ4n) is 1.37. The van der Waals surface area contributed by atoms with E-state index in [4.69, 9.17) is 0 Å². The van der Waals surface area contributed by atoms with Gasteiger partial charge in [0.05, 0.1) is 10.8 Å². The zero-order valence-corrected chi connectivity index (χ0v) is 8.88. The van der Waals surface area contributed by atoms with E-state index in [1.807, 2.05) is 49.4 Å². The van der Waals surface area contributed by atoms with E-state index in [0.29, 0.717) is 0 Å². The van der Waals surface area contributed by atoms with E-state index in [1.165, 1.54) is 5.56 Å². The Morgan fingerprint density at radius 3 is 2.50 bits per heavy atom. The van der Waals surface area contributed by atoms with Crippen molar-refractivity contribution >= 4 is 10.8 Å². The SMILES string of the molecule is Cc1ccc([S@@](=O)C2=CCC=C2)cc1. The third-order valence-electron chi connectivity index (χ3n) is 2.19. The molecule has 2 heteroatoms. The molecule has 0 radical (unpaired) electrons. The Balaban J connectivity index is 2.27. The molecule has 0 unspecified atom stereocenters. The molecular weight excluding hydrogens is 192 g/mol. The summed E-state index contributed by atoms with van der Waals surface area (Å²) in [6, 6.07) is 7.84. The molecule has 2 rings (SSSR count). The summed E-state index contributed by atoms with van der Waals surface area (Å²) in [7, 11) is -0.993. The second-order valence-corrected chi connectivity index (χ2v) is 4.81. The molecule has 1 aromatic rings. The normalized spacial score (nSPS) is 16.8. The highest BCUT2D eigenvalue weighted by Gasteiger charge is 2.09. The molecule has 0 saturated heterocycles. The van der Waals surface area contributed by atoms with Crippen LogP contribution in [0.25, 0.3) is 0 Å². The summed E-state index contributed by atoms with van der Waals surface area (Å²) in [4.78, 5) is 1.81. The molecule has 0 aromatic heterocycles. The number of allylic oxidation sites excluding steroid dienone is 3.